The van der Waals surface area contributed by atoms with E-state index in [1.54, 1.807) is 4.42 Å². The number of nitrogens with zero attached hydrogens (tertiary/aromatic N) is 1. The van der Waals surface area contributed by atoms with Gasteiger partial charge < -0.3 is 4.74 Å². The van der Waals surface area contributed by atoms with Gasteiger partial charge in [0.2, 0.25) is 0 Å². The van der Waals surface area contributed by atoms with Crippen molar-refractivity contribution < 1.29 is 4.74 Å². The van der Waals surface area contributed by atoms with Gasteiger partial charge in [-0.25, -0.2) is 4.42 Å². The quantitative estimate of drug-likeness (QED) is 0.481. The number of morpholine rings is 1. The van der Waals surface area contributed by atoms with Crippen LogP contribution >= 0.6 is 11.8 Å². The van der Waals surface area contributed by atoms with E-state index in [0.29, 0.717) is 12.1 Å². The Labute approximate surface area is 60.8 Å². The molecule has 0 aliphatic carbocycles. The van der Waals surface area contributed by atoms with Gasteiger partial charge in [0.1, 0.15) is 0 Å². The summed E-state index contributed by atoms with van der Waals surface area (Å²) in [5, 5.41) is 0. The molecule has 1 fully saturated rings. The van der Waals surface area contributed by atoms with Crippen molar-refractivity contribution >= 4 is 11.8 Å². The Bertz CT molecular complexity index is 99.1. The summed E-state index contributed by atoms with van der Waals surface area (Å²) in [7, 11) is 0. The SMILES string of the molecule is CC1CN(Cl)C(C)CO1. The second-order valence-corrected chi connectivity index (χ2v) is 3.01. The van der Waals surface area contributed by atoms with E-state index in [1.165, 1.54) is 0 Å². The minimum atomic E-state index is 0.290. The normalized spacial score (nSPS) is 39.0. The molecular weight excluding hydrogens is 138 g/mol. The van der Waals surface area contributed by atoms with Crippen molar-refractivity contribution in [2.75, 3.05) is 13.2 Å². The van der Waals surface area contributed by atoms with Crippen molar-refractivity contribution in [2.24, 2.45) is 0 Å². The second-order valence-electron chi connectivity index (χ2n) is 2.58. The van der Waals surface area contributed by atoms with Gasteiger partial charge in [-0.2, -0.15) is 0 Å². The number of halogens is 1. The third kappa shape index (κ3) is 1.81. The maximum atomic E-state index is 5.82. The highest BCUT2D eigenvalue weighted by Crippen LogP contribution is 2.12. The molecule has 2 unspecified atom stereocenters. The molecule has 2 atom stereocenters. The van der Waals surface area contributed by atoms with Gasteiger partial charge in [0.15, 0.2) is 0 Å². The zero-order chi connectivity index (χ0) is 6.85. The summed E-state index contributed by atoms with van der Waals surface area (Å²) in [6, 6.07) is 0.364. The Morgan fingerprint density at radius 3 is 2.67 bits per heavy atom. The average Bonchev–Trinajstić information content (AvgIpc) is 1.80. The van der Waals surface area contributed by atoms with Crippen molar-refractivity contribution in [3.05, 3.63) is 0 Å². The molecule has 0 saturated carbocycles. The monoisotopic (exact) mass is 149 g/mol. The number of ether oxygens (including phenoxy) is 1. The molecule has 1 rings (SSSR count). The van der Waals surface area contributed by atoms with Gasteiger partial charge in [-0.1, -0.05) is 0 Å². The lowest BCUT2D eigenvalue weighted by molar-refractivity contribution is -0.0164. The van der Waals surface area contributed by atoms with Crippen LogP contribution < -0.4 is 0 Å². The van der Waals surface area contributed by atoms with Crippen molar-refractivity contribution in [2.45, 2.75) is 26.0 Å². The molecule has 0 spiro atoms. The molecule has 2 nitrogen and oxygen atoms in total. The van der Waals surface area contributed by atoms with Crippen LogP contribution in [0.25, 0.3) is 0 Å². The summed E-state index contributed by atoms with van der Waals surface area (Å²) >= 11 is 5.82. The first-order chi connectivity index (χ1) is 4.20. The van der Waals surface area contributed by atoms with E-state index in [-0.39, 0.29) is 0 Å². The molecule has 0 radical (unpaired) electrons. The van der Waals surface area contributed by atoms with Crippen LogP contribution in [-0.4, -0.2) is 29.7 Å². The number of hydrogen-bond acceptors (Lipinski definition) is 2. The fraction of sp³-hybridized carbons (Fsp3) is 1.00. The Kier molecular flexibility index (Phi) is 2.33. The predicted molar refractivity (Wildman–Crippen MR) is 37.4 cm³/mol. The lowest BCUT2D eigenvalue weighted by Gasteiger charge is -2.31. The molecule has 3 heteroatoms. The largest absolute Gasteiger partial charge is 0.375 e. The molecule has 0 aromatic carbocycles. The van der Waals surface area contributed by atoms with Crippen molar-refractivity contribution in [1.29, 1.82) is 0 Å². The zero-order valence-corrected chi connectivity index (χ0v) is 6.56. The summed E-state index contributed by atoms with van der Waals surface area (Å²) in [4.78, 5) is 0. The smallest absolute Gasteiger partial charge is 0.0688 e. The third-order valence-corrected chi connectivity index (χ3v) is 2.00. The topological polar surface area (TPSA) is 12.5 Å². The first kappa shape index (κ1) is 7.32. The van der Waals surface area contributed by atoms with E-state index < -0.39 is 0 Å². The molecule has 1 aliphatic rings. The fourth-order valence-corrected chi connectivity index (χ4v) is 1.11. The molecule has 0 N–H and O–H groups in total. The summed E-state index contributed by atoms with van der Waals surface area (Å²) in [6.07, 6.45) is 0.290. The Morgan fingerprint density at radius 1 is 1.56 bits per heavy atom. The van der Waals surface area contributed by atoms with E-state index in [9.17, 15) is 0 Å². The van der Waals surface area contributed by atoms with Gasteiger partial charge in [-0.05, 0) is 25.6 Å². The van der Waals surface area contributed by atoms with Crippen LogP contribution in [0.2, 0.25) is 0 Å². The van der Waals surface area contributed by atoms with Gasteiger partial charge in [-0.15, -0.1) is 0 Å². The van der Waals surface area contributed by atoms with Crippen LogP contribution in [0.3, 0.4) is 0 Å². The third-order valence-electron chi connectivity index (χ3n) is 1.53. The minimum absolute atomic E-state index is 0.290. The van der Waals surface area contributed by atoms with Gasteiger partial charge in [0.05, 0.1) is 12.7 Å². The summed E-state index contributed by atoms with van der Waals surface area (Å²) in [5.41, 5.74) is 0. The Hall–Kier alpha value is 0.210. The van der Waals surface area contributed by atoms with Crippen LogP contribution in [-0.2, 0) is 4.74 Å². The molecular formula is C6H12ClNO. The maximum absolute atomic E-state index is 5.82. The minimum Gasteiger partial charge on any atom is -0.375 e. The molecule has 0 aromatic rings. The van der Waals surface area contributed by atoms with Crippen LogP contribution in [0.1, 0.15) is 13.8 Å². The zero-order valence-electron chi connectivity index (χ0n) is 5.80. The summed E-state index contributed by atoms with van der Waals surface area (Å²) < 4.78 is 7.13. The summed E-state index contributed by atoms with van der Waals surface area (Å²) in [5.74, 6) is 0. The first-order valence-electron chi connectivity index (χ1n) is 3.24. The van der Waals surface area contributed by atoms with Gasteiger partial charge >= 0.3 is 0 Å². The van der Waals surface area contributed by atoms with Gasteiger partial charge in [0.25, 0.3) is 0 Å². The van der Waals surface area contributed by atoms with Gasteiger partial charge in [-0.3, -0.25) is 0 Å². The van der Waals surface area contributed by atoms with E-state index >= 15 is 0 Å². The number of hydrogen-bond donors (Lipinski definition) is 0. The van der Waals surface area contributed by atoms with Crippen LogP contribution in [0.4, 0.5) is 0 Å². The molecule has 9 heavy (non-hydrogen) atoms. The Balaban J connectivity index is 2.35. The highest BCUT2D eigenvalue weighted by molar-refractivity contribution is 6.13. The molecule has 1 saturated heterocycles. The average molecular weight is 150 g/mol. The second kappa shape index (κ2) is 2.86. The molecule has 0 amide bonds. The van der Waals surface area contributed by atoms with E-state index in [4.69, 9.17) is 16.5 Å². The molecule has 0 aromatic heterocycles. The van der Waals surface area contributed by atoms with Crippen LogP contribution in [0.5, 0.6) is 0 Å². The molecule has 54 valence electrons. The van der Waals surface area contributed by atoms with E-state index in [2.05, 4.69) is 6.92 Å². The molecule has 0 bridgehead atoms. The molecule has 1 heterocycles. The number of rotatable bonds is 0. The maximum Gasteiger partial charge on any atom is 0.0688 e. The van der Waals surface area contributed by atoms with Crippen LogP contribution in [0.15, 0.2) is 0 Å². The lowest BCUT2D eigenvalue weighted by Crippen LogP contribution is -2.41. The fourth-order valence-electron chi connectivity index (χ4n) is 0.863. The molecule has 1 aliphatic heterocycles. The van der Waals surface area contributed by atoms with Crippen molar-refractivity contribution in [3.63, 3.8) is 0 Å². The van der Waals surface area contributed by atoms with Crippen molar-refractivity contribution in [1.82, 2.24) is 4.42 Å². The van der Waals surface area contributed by atoms with E-state index in [0.717, 1.165) is 13.2 Å². The Morgan fingerprint density at radius 2 is 2.22 bits per heavy atom. The van der Waals surface area contributed by atoms with Crippen LogP contribution in [0, 0.1) is 0 Å². The standard InChI is InChI=1S/C6H12ClNO/c1-5-4-9-6(2)3-8(5)7/h5-6H,3-4H2,1-2H3. The first-order valence-corrected chi connectivity index (χ1v) is 3.58. The summed E-state index contributed by atoms with van der Waals surface area (Å²) in [6.45, 7) is 5.67. The van der Waals surface area contributed by atoms with E-state index in [1.807, 2.05) is 6.92 Å². The van der Waals surface area contributed by atoms with Crippen molar-refractivity contribution in [3.8, 4) is 0 Å². The highest BCUT2D eigenvalue weighted by atomic mass is 35.5. The predicted octanol–water partition coefficient (Wildman–Crippen LogP) is 1.25. The lowest BCUT2D eigenvalue weighted by atomic mass is 10.2. The highest BCUT2D eigenvalue weighted by Gasteiger charge is 2.20. The van der Waals surface area contributed by atoms with Gasteiger partial charge in [0, 0.05) is 12.6 Å².